The van der Waals surface area contributed by atoms with Crippen molar-refractivity contribution in [3.63, 3.8) is 0 Å². The summed E-state index contributed by atoms with van der Waals surface area (Å²) in [6.45, 7) is 4.82. The molecule has 21 heavy (non-hydrogen) atoms. The fourth-order valence-electron chi connectivity index (χ4n) is 2.93. The van der Waals surface area contributed by atoms with Gasteiger partial charge in [-0.15, -0.1) is 0 Å². The first-order valence-electron chi connectivity index (χ1n) is 7.70. The quantitative estimate of drug-likeness (QED) is 0.788. The van der Waals surface area contributed by atoms with Crippen LogP contribution in [0.3, 0.4) is 0 Å². The first-order chi connectivity index (χ1) is 9.90. The fourth-order valence-corrected chi connectivity index (χ4v) is 2.93. The van der Waals surface area contributed by atoms with Crippen LogP contribution in [0.5, 0.6) is 0 Å². The van der Waals surface area contributed by atoms with Crippen LogP contribution >= 0.6 is 0 Å². The van der Waals surface area contributed by atoms with Gasteiger partial charge in [-0.05, 0) is 31.1 Å². The number of amides is 2. The highest BCUT2D eigenvalue weighted by Crippen LogP contribution is 2.37. The summed E-state index contributed by atoms with van der Waals surface area (Å²) in [4.78, 5) is 36.5. The molecular weight excluding hydrogens is 272 g/mol. The number of hydrogen-bond acceptors (Lipinski definition) is 3. The monoisotopic (exact) mass is 296 g/mol. The number of aliphatic carboxylic acids is 1. The second kappa shape index (κ2) is 6.45. The Morgan fingerprint density at radius 3 is 2.48 bits per heavy atom. The van der Waals surface area contributed by atoms with Crippen molar-refractivity contribution < 1.29 is 19.5 Å². The second-order valence-electron chi connectivity index (χ2n) is 6.43. The van der Waals surface area contributed by atoms with Crippen molar-refractivity contribution in [1.82, 2.24) is 10.2 Å². The molecule has 6 nitrogen and oxygen atoms in total. The highest BCUT2D eigenvalue weighted by molar-refractivity contribution is 5.85. The van der Waals surface area contributed by atoms with Gasteiger partial charge in [0.1, 0.15) is 6.04 Å². The van der Waals surface area contributed by atoms with Gasteiger partial charge in [0.05, 0.1) is 0 Å². The second-order valence-corrected chi connectivity index (χ2v) is 6.43. The van der Waals surface area contributed by atoms with Gasteiger partial charge >= 0.3 is 5.97 Å². The molecule has 2 aliphatic rings. The Morgan fingerprint density at radius 1 is 1.24 bits per heavy atom. The summed E-state index contributed by atoms with van der Waals surface area (Å²) in [7, 11) is 0. The van der Waals surface area contributed by atoms with E-state index in [1.54, 1.807) is 0 Å². The highest BCUT2D eigenvalue weighted by atomic mass is 16.4. The number of hydrogen-bond donors (Lipinski definition) is 2. The minimum atomic E-state index is -0.939. The third kappa shape index (κ3) is 3.95. The SMILES string of the molecule is CC1CCN(C(=O)CCNC(=O)C2CC2C)C(C(=O)O)C1. The molecule has 118 valence electrons. The van der Waals surface area contributed by atoms with E-state index in [1.165, 1.54) is 4.90 Å². The summed E-state index contributed by atoms with van der Waals surface area (Å²) in [6.07, 6.45) is 2.43. The molecule has 1 aliphatic carbocycles. The van der Waals surface area contributed by atoms with E-state index in [-0.39, 0.29) is 24.2 Å². The maximum Gasteiger partial charge on any atom is 0.326 e. The fraction of sp³-hybridized carbons (Fsp3) is 0.800. The molecule has 4 unspecified atom stereocenters. The van der Waals surface area contributed by atoms with Gasteiger partial charge in [0.15, 0.2) is 0 Å². The zero-order valence-corrected chi connectivity index (χ0v) is 12.7. The van der Waals surface area contributed by atoms with Gasteiger partial charge in [0.2, 0.25) is 11.8 Å². The molecule has 2 rings (SSSR count). The molecule has 2 fully saturated rings. The largest absolute Gasteiger partial charge is 0.480 e. The number of piperidine rings is 1. The molecule has 4 atom stereocenters. The Balaban J connectivity index is 1.78. The van der Waals surface area contributed by atoms with Crippen LogP contribution in [0.1, 0.15) is 39.5 Å². The van der Waals surface area contributed by atoms with E-state index in [9.17, 15) is 19.5 Å². The maximum atomic E-state index is 12.2. The molecular formula is C15H24N2O4. The Labute approximate surface area is 124 Å². The molecule has 2 N–H and O–H groups in total. The summed E-state index contributed by atoms with van der Waals surface area (Å²) >= 11 is 0. The predicted octanol–water partition coefficient (Wildman–Crippen LogP) is 0.860. The van der Waals surface area contributed by atoms with Gasteiger partial charge in [-0.2, -0.15) is 0 Å². The lowest BCUT2D eigenvalue weighted by atomic mass is 9.92. The third-order valence-electron chi connectivity index (χ3n) is 4.55. The number of carboxylic acids is 1. The smallest absolute Gasteiger partial charge is 0.326 e. The molecule has 0 radical (unpaired) electrons. The molecule has 1 saturated heterocycles. The summed E-state index contributed by atoms with van der Waals surface area (Å²) in [6, 6.07) is -0.722. The number of carbonyl (C=O) groups is 3. The summed E-state index contributed by atoms with van der Waals surface area (Å²) in [5.41, 5.74) is 0. The van der Waals surface area contributed by atoms with Gasteiger partial charge in [-0.3, -0.25) is 9.59 Å². The van der Waals surface area contributed by atoms with Crippen molar-refractivity contribution in [1.29, 1.82) is 0 Å². The molecule has 0 spiro atoms. The van der Waals surface area contributed by atoms with E-state index in [2.05, 4.69) is 5.32 Å². The van der Waals surface area contributed by atoms with Crippen LogP contribution < -0.4 is 5.32 Å². The van der Waals surface area contributed by atoms with E-state index < -0.39 is 12.0 Å². The average molecular weight is 296 g/mol. The molecule has 1 saturated carbocycles. The Bertz CT molecular complexity index is 437. The van der Waals surface area contributed by atoms with Gasteiger partial charge < -0.3 is 15.3 Å². The molecule has 2 amide bonds. The molecule has 6 heteroatoms. The first-order valence-corrected chi connectivity index (χ1v) is 7.70. The standard InChI is InChI=1S/C15H24N2O4/c1-9-4-6-17(12(7-9)15(20)21)13(18)3-5-16-14(19)11-8-10(11)2/h9-12H,3-8H2,1-2H3,(H,16,19)(H,20,21). The van der Waals surface area contributed by atoms with E-state index >= 15 is 0 Å². The van der Waals surface area contributed by atoms with Crippen LogP contribution in [0.15, 0.2) is 0 Å². The molecule has 0 aromatic heterocycles. The normalized spacial score (nSPS) is 31.6. The van der Waals surface area contributed by atoms with Crippen molar-refractivity contribution in [2.24, 2.45) is 17.8 Å². The molecule has 0 aromatic rings. The summed E-state index contributed by atoms with van der Waals surface area (Å²) in [5, 5.41) is 12.0. The van der Waals surface area contributed by atoms with Crippen LogP contribution in [0.4, 0.5) is 0 Å². The van der Waals surface area contributed by atoms with Crippen LogP contribution in [0.2, 0.25) is 0 Å². The van der Waals surface area contributed by atoms with Crippen molar-refractivity contribution in [2.45, 2.75) is 45.6 Å². The molecule has 0 bridgehead atoms. The van der Waals surface area contributed by atoms with Crippen LogP contribution in [-0.2, 0) is 14.4 Å². The van der Waals surface area contributed by atoms with Crippen molar-refractivity contribution in [2.75, 3.05) is 13.1 Å². The Hall–Kier alpha value is -1.59. The third-order valence-corrected chi connectivity index (χ3v) is 4.55. The van der Waals surface area contributed by atoms with Gasteiger partial charge in [-0.1, -0.05) is 13.8 Å². The lowest BCUT2D eigenvalue weighted by Crippen LogP contribution is -2.50. The molecule has 1 aliphatic heterocycles. The molecule has 0 aromatic carbocycles. The van der Waals surface area contributed by atoms with E-state index in [1.807, 2.05) is 13.8 Å². The summed E-state index contributed by atoms with van der Waals surface area (Å²) in [5.74, 6) is -0.240. The minimum absolute atomic E-state index is 0.0114. The van der Waals surface area contributed by atoms with E-state index in [0.717, 1.165) is 12.8 Å². The van der Waals surface area contributed by atoms with Crippen LogP contribution in [0, 0.1) is 17.8 Å². The van der Waals surface area contributed by atoms with Gasteiger partial charge in [0.25, 0.3) is 0 Å². The number of carboxylic acid groups (broad SMARTS) is 1. The lowest BCUT2D eigenvalue weighted by Gasteiger charge is -2.36. The van der Waals surface area contributed by atoms with Crippen LogP contribution in [0.25, 0.3) is 0 Å². The van der Waals surface area contributed by atoms with Crippen molar-refractivity contribution >= 4 is 17.8 Å². The predicted molar refractivity (Wildman–Crippen MR) is 76.4 cm³/mol. The number of nitrogens with zero attached hydrogens (tertiary/aromatic N) is 1. The minimum Gasteiger partial charge on any atom is -0.480 e. The van der Waals surface area contributed by atoms with Crippen molar-refractivity contribution in [3.05, 3.63) is 0 Å². The zero-order chi connectivity index (χ0) is 15.6. The first kappa shape index (κ1) is 15.8. The average Bonchev–Trinajstić information content (AvgIpc) is 3.15. The Kier molecular flexibility index (Phi) is 4.85. The zero-order valence-electron chi connectivity index (χ0n) is 12.7. The topological polar surface area (TPSA) is 86.7 Å². The number of nitrogens with one attached hydrogen (secondary N) is 1. The molecule has 1 heterocycles. The van der Waals surface area contributed by atoms with E-state index in [0.29, 0.717) is 31.3 Å². The van der Waals surface area contributed by atoms with Crippen molar-refractivity contribution in [3.8, 4) is 0 Å². The van der Waals surface area contributed by atoms with Crippen LogP contribution in [-0.4, -0.2) is 46.9 Å². The van der Waals surface area contributed by atoms with Gasteiger partial charge in [0, 0.05) is 25.4 Å². The number of carbonyl (C=O) groups excluding carboxylic acids is 2. The highest BCUT2D eigenvalue weighted by Gasteiger charge is 2.39. The Morgan fingerprint density at radius 2 is 1.90 bits per heavy atom. The number of rotatable bonds is 5. The summed E-state index contributed by atoms with van der Waals surface area (Å²) < 4.78 is 0. The van der Waals surface area contributed by atoms with Gasteiger partial charge in [-0.25, -0.2) is 4.79 Å². The number of likely N-dealkylation sites (tertiary alicyclic amines) is 1. The van der Waals surface area contributed by atoms with E-state index in [4.69, 9.17) is 0 Å². The maximum absolute atomic E-state index is 12.2. The lowest BCUT2D eigenvalue weighted by molar-refractivity contribution is -0.153.